The zero-order valence-electron chi connectivity index (χ0n) is 16.6. The molecule has 0 spiro atoms. The van der Waals surface area contributed by atoms with Crippen molar-refractivity contribution in [1.29, 1.82) is 0 Å². The van der Waals surface area contributed by atoms with Gasteiger partial charge in [0.15, 0.2) is 0 Å². The van der Waals surface area contributed by atoms with Gasteiger partial charge < -0.3 is 0 Å². The number of pyridine rings is 1. The Kier molecular flexibility index (Phi) is 9.59. The van der Waals surface area contributed by atoms with Crippen LogP contribution in [-0.4, -0.2) is 4.98 Å². The minimum atomic E-state index is 0.853. The van der Waals surface area contributed by atoms with Gasteiger partial charge >= 0.3 is 0 Å². The average molecular weight is 348 g/mol. The summed E-state index contributed by atoms with van der Waals surface area (Å²) in [5, 5.41) is 0. The Labute approximate surface area is 160 Å². The molecule has 1 heteroatoms. The fourth-order valence-corrected chi connectivity index (χ4v) is 3.05. The summed E-state index contributed by atoms with van der Waals surface area (Å²) in [4.78, 5) is 4.50. The molecule has 1 nitrogen and oxygen atoms in total. The molecule has 0 saturated heterocycles. The molecule has 0 bridgehead atoms. The Morgan fingerprint density at radius 1 is 0.654 bits per heavy atom. The molecule has 0 amide bonds. The first-order valence-electron chi connectivity index (χ1n) is 10.4. The summed E-state index contributed by atoms with van der Waals surface area (Å²) in [6.45, 7) is 4.50. The standard InChI is InChI=1S/C25H33N/c1-3-5-7-8-10-12-24-18-20-25(26-21-24)19-17-23-15-13-22(14-16-23)11-9-6-4-2/h13-16,18,20-21H,3-12H2,1-2H3. The van der Waals surface area contributed by atoms with Crippen LogP contribution in [0.4, 0.5) is 0 Å². The van der Waals surface area contributed by atoms with Crippen LogP contribution < -0.4 is 0 Å². The highest BCUT2D eigenvalue weighted by molar-refractivity contribution is 5.41. The highest BCUT2D eigenvalue weighted by Gasteiger charge is 1.96. The van der Waals surface area contributed by atoms with Crippen LogP contribution in [0.25, 0.3) is 0 Å². The maximum Gasteiger partial charge on any atom is 0.113 e. The van der Waals surface area contributed by atoms with Crippen LogP contribution in [0.5, 0.6) is 0 Å². The Morgan fingerprint density at radius 2 is 1.27 bits per heavy atom. The first kappa shape index (κ1) is 20.2. The summed E-state index contributed by atoms with van der Waals surface area (Å²) >= 11 is 0. The van der Waals surface area contributed by atoms with Gasteiger partial charge in [-0.15, -0.1) is 0 Å². The highest BCUT2D eigenvalue weighted by Crippen LogP contribution is 2.10. The summed E-state index contributed by atoms with van der Waals surface area (Å²) in [7, 11) is 0. The monoisotopic (exact) mass is 347 g/mol. The fraction of sp³-hybridized carbons (Fsp3) is 0.480. The number of benzene rings is 1. The Balaban J connectivity index is 1.81. The van der Waals surface area contributed by atoms with Crippen molar-refractivity contribution in [2.24, 2.45) is 0 Å². The van der Waals surface area contributed by atoms with Gasteiger partial charge in [-0.25, -0.2) is 4.98 Å². The number of hydrogen-bond acceptors (Lipinski definition) is 1. The van der Waals surface area contributed by atoms with Crippen LogP contribution in [0.2, 0.25) is 0 Å². The van der Waals surface area contributed by atoms with E-state index in [1.807, 2.05) is 12.3 Å². The second-order valence-electron chi connectivity index (χ2n) is 7.12. The zero-order chi connectivity index (χ0) is 18.5. The van der Waals surface area contributed by atoms with Crippen molar-refractivity contribution in [1.82, 2.24) is 4.98 Å². The van der Waals surface area contributed by atoms with Crippen LogP contribution in [0.3, 0.4) is 0 Å². The largest absolute Gasteiger partial charge is 0.248 e. The van der Waals surface area contributed by atoms with Gasteiger partial charge in [-0.1, -0.05) is 76.5 Å². The Morgan fingerprint density at radius 3 is 1.96 bits per heavy atom. The molecule has 138 valence electrons. The molecule has 0 unspecified atom stereocenters. The van der Waals surface area contributed by atoms with Gasteiger partial charge in [-0.2, -0.15) is 0 Å². The van der Waals surface area contributed by atoms with Crippen LogP contribution in [0.15, 0.2) is 42.6 Å². The first-order valence-corrected chi connectivity index (χ1v) is 10.4. The second kappa shape index (κ2) is 12.3. The predicted molar refractivity (Wildman–Crippen MR) is 112 cm³/mol. The molecule has 2 aromatic rings. The van der Waals surface area contributed by atoms with E-state index in [-0.39, 0.29) is 0 Å². The third-order valence-corrected chi connectivity index (χ3v) is 4.75. The molecule has 0 atom stereocenters. The molecule has 0 saturated carbocycles. The number of rotatable bonds is 10. The van der Waals surface area contributed by atoms with Crippen LogP contribution in [0, 0.1) is 11.8 Å². The molecule has 0 fully saturated rings. The minimum Gasteiger partial charge on any atom is -0.248 e. The van der Waals surface area contributed by atoms with Crippen LogP contribution in [0.1, 0.15) is 87.6 Å². The van der Waals surface area contributed by atoms with Gasteiger partial charge in [-0.05, 0) is 60.9 Å². The summed E-state index contributed by atoms with van der Waals surface area (Å²) in [6.07, 6.45) is 14.7. The maximum atomic E-state index is 4.50. The summed E-state index contributed by atoms with van der Waals surface area (Å²) in [5.74, 6) is 6.41. The normalized spacial score (nSPS) is 10.4. The summed E-state index contributed by atoms with van der Waals surface area (Å²) in [6, 6.07) is 12.9. The van der Waals surface area contributed by atoms with E-state index in [0.717, 1.165) is 17.7 Å². The molecule has 0 N–H and O–H groups in total. The molecule has 0 aliphatic heterocycles. The quantitative estimate of drug-likeness (QED) is 0.343. The number of aromatic nitrogens is 1. The van der Waals surface area contributed by atoms with Gasteiger partial charge in [0.05, 0.1) is 0 Å². The third kappa shape index (κ3) is 7.87. The van der Waals surface area contributed by atoms with Crippen molar-refractivity contribution >= 4 is 0 Å². The van der Waals surface area contributed by atoms with Crippen molar-refractivity contribution in [2.45, 2.75) is 78.1 Å². The van der Waals surface area contributed by atoms with Gasteiger partial charge in [-0.3, -0.25) is 0 Å². The lowest BCUT2D eigenvalue weighted by molar-refractivity contribution is 0.631. The molecule has 2 rings (SSSR count). The Hall–Kier alpha value is -2.07. The van der Waals surface area contributed by atoms with E-state index in [1.165, 1.54) is 68.9 Å². The average Bonchev–Trinajstić information content (AvgIpc) is 2.68. The van der Waals surface area contributed by atoms with E-state index >= 15 is 0 Å². The van der Waals surface area contributed by atoms with Gasteiger partial charge in [0, 0.05) is 11.8 Å². The number of nitrogens with zero attached hydrogens (tertiary/aromatic N) is 1. The third-order valence-electron chi connectivity index (χ3n) is 4.75. The Bertz CT molecular complexity index is 671. The predicted octanol–water partition coefficient (Wildman–Crippen LogP) is 6.73. The van der Waals surface area contributed by atoms with Crippen molar-refractivity contribution in [3.63, 3.8) is 0 Å². The van der Waals surface area contributed by atoms with Crippen molar-refractivity contribution in [3.05, 3.63) is 65.0 Å². The molecular formula is C25H33N. The molecule has 0 aliphatic rings. The minimum absolute atomic E-state index is 0.853. The topological polar surface area (TPSA) is 12.9 Å². The van der Waals surface area contributed by atoms with Gasteiger partial charge in [0.2, 0.25) is 0 Å². The van der Waals surface area contributed by atoms with Crippen LogP contribution in [-0.2, 0) is 12.8 Å². The number of aryl methyl sites for hydroxylation is 2. The van der Waals surface area contributed by atoms with E-state index in [1.54, 1.807) is 0 Å². The van der Waals surface area contributed by atoms with E-state index in [4.69, 9.17) is 0 Å². The molecule has 0 radical (unpaired) electrons. The summed E-state index contributed by atoms with van der Waals surface area (Å²) in [5.41, 5.74) is 4.65. The smallest absolute Gasteiger partial charge is 0.113 e. The highest BCUT2D eigenvalue weighted by atomic mass is 14.7. The lowest BCUT2D eigenvalue weighted by Gasteiger charge is -2.01. The molecule has 0 aliphatic carbocycles. The molecule has 26 heavy (non-hydrogen) atoms. The van der Waals surface area contributed by atoms with Crippen molar-refractivity contribution < 1.29 is 0 Å². The van der Waals surface area contributed by atoms with Crippen molar-refractivity contribution in [2.75, 3.05) is 0 Å². The van der Waals surface area contributed by atoms with Gasteiger partial charge in [0.25, 0.3) is 0 Å². The van der Waals surface area contributed by atoms with Gasteiger partial charge in [0.1, 0.15) is 5.69 Å². The molecule has 1 aromatic heterocycles. The SMILES string of the molecule is CCCCCCCc1ccc(C#Cc2ccc(CCCCC)cc2)nc1. The lowest BCUT2D eigenvalue weighted by Crippen LogP contribution is -1.90. The molecule has 1 heterocycles. The summed E-state index contributed by atoms with van der Waals surface area (Å²) < 4.78 is 0. The lowest BCUT2D eigenvalue weighted by atomic mass is 10.1. The first-order chi connectivity index (χ1) is 12.8. The number of unbranched alkanes of at least 4 members (excludes halogenated alkanes) is 6. The number of hydrogen-bond donors (Lipinski definition) is 0. The molecule has 1 aromatic carbocycles. The van der Waals surface area contributed by atoms with E-state index < -0.39 is 0 Å². The van der Waals surface area contributed by atoms with E-state index in [2.05, 4.69) is 61.0 Å². The van der Waals surface area contributed by atoms with Crippen molar-refractivity contribution in [3.8, 4) is 11.8 Å². The maximum absolute atomic E-state index is 4.50. The molecular weight excluding hydrogens is 314 g/mol. The fourth-order valence-electron chi connectivity index (χ4n) is 3.05. The van der Waals surface area contributed by atoms with Crippen LogP contribution >= 0.6 is 0 Å². The second-order valence-corrected chi connectivity index (χ2v) is 7.12. The van der Waals surface area contributed by atoms with E-state index in [9.17, 15) is 0 Å². The zero-order valence-corrected chi connectivity index (χ0v) is 16.6. The van der Waals surface area contributed by atoms with E-state index in [0.29, 0.717) is 0 Å².